The van der Waals surface area contributed by atoms with Gasteiger partial charge < -0.3 is 0 Å². The summed E-state index contributed by atoms with van der Waals surface area (Å²) in [6.45, 7) is 2.87. The van der Waals surface area contributed by atoms with E-state index in [1.165, 1.54) is 11.1 Å². The van der Waals surface area contributed by atoms with Crippen molar-refractivity contribution < 1.29 is 8.42 Å². The van der Waals surface area contributed by atoms with Crippen molar-refractivity contribution in [3.63, 3.8) is 0 Å². The molecule has 0 bridgehead atoms. The average molecular weight is 329 g/mol. The summed E-state index contributed by atoms with van der Waals surface area (Å²) < 4.78 is 26.5. The van der Waals surface area contributed by atoms with Gasteiger partial charge in [-0.1, -0.05) is 60.7 Å². The van der Waals surface area contributed by atoms with Crippen LogP contribution in [0.15, 0.2) is 60.7 Å². The minimum Gasteiger partial charge on any atom is -0.212 e. The zero-order chi connectivity index (χ0) is 16.3. The lowest BCUT2D eigenvalue weighted by Gasteiger charge is -2.43. The molecule has 0 saturated carbocycles. The van der Waals surface area contributed by atoms with Crippen molar-refractivity contribution in [1.82, 2.24) is 4.31 Å². The summed E-state index contributed by atoms with van der Waals surface area (Å²) in [4.78, 5) is 0. The van der Waals surface area contributed by atoms with E-state index in [2.05, 4.69) is 24.3 Å². The van der Waals surface area contributed by atoms with Gasteiger partial charge in [-0.2, -0.15) is 0 Å². The van der Waals surface area contributed by atoms with Crippen molar-refractivity contribution >= 4 is 10.0 Å². The van der Waals surface area contributed by atoms with Crippen LogP contribution in [-0.2, 0) is 15.4 Å². The van der Waals surface area contributed by atoms with Crippen LogP contribution in [0.25, 0.3) is 0 Å². The molecule has 4 heteroatoms. The Morgan fingerprint density at radius 1 is 0.957 bits per heavy atom. The maximum Gasteiger partial charge on any atom is 0.213 e. The minimum absolute atomic E-state index is 0.159. The molecule has 0 aromatic heterocycles. The zero-order valence-corrected chi connectivity index (χ0v) is 14.3. The molecule has 0 aliphatic carbocycles. The molecule has 0 N–H and O–H groups in total. The predicted molar refractivity (Wildman–Crippen MR) is 93.9 cm³/mol. The highest BCUT2D eigenvalue weighted by atomic mass is 32.2. The molecule has 0 radical (unpaired) electrons. The fourth-order valence-electron chi connectivity index (χ4n) is 3.59. The third-order valence-electron chi connectivity index (χ3n) is 4.87. The van der Waals surface area contributed by atoms with E-state index >= 15 is 0 Å². The Morgan fingerprint density at radius 3 is 1.96 bits per heavy atom. The smallest absolute Gasteiger partial charge is 0.212 e. The molecule has 1 heterocycles. The van der Waals surface area contributed by atoms with Gasteiger partial charge in [0.2, 0.25) is 10.0 Å². The summed E-state index contributed by atoms with van der Waals surface area (Å²) >= 11 is 0. The van der Waals surface area contributed by atoms with Crippen molar-refractivity contribution in [3.05, 3.63) is 71.8 Å². The first-order valence-electron chi connectivity index (χ1n) is 8.17. The Bertz CT molecular complexity index is 702. The first kappa shape index (κ1) is 16.2. The summed E-state index contributed by atoms with van der Waals surface area (Å²) in [5.41, 5.74) is 2.13. The number of hydrogen-bond acceptors (Lipinski definition) is 2. The molecule has 0 amide bonds. The second kappa shape index (κ2) is 6.46. The zero-order valence-electron chi connectivity index (χ0n) is 13.5. The molecule has 2 aromatic rings. The average Bonchev–Trinajstić information content (AvgIpc) is 2.63. The van der Waals surface area contributed by atoms with Gasteiger partial charge in [-0.05, 0) is 30.9 Å². The Morgan fingerprint density at radius 2 is 1.48 bits per heavy atom. The molecule has 1 fully saturated rings. The molecule has 1 aliphatic heterocycles. The second-order valence-corrected chi connectivity index (χ2v) is 8.41. The van der Waals surface area contributed by atoms with Crippen molar-refractivity contribution in [3.8, 4) is 0 Å². The molecule has 0 atom stereocenters. The van der Waals surface area contributed by atoms with Gasteiger partial charge in [0.05, 0.1) is 5.75 Å². The van der Waals surface area contributed by atoms with Crippen LogP contribution in [0.1, 0.15) is 30.9 Å². The standard InChI is InChI=1S/C19H23NO2S/c1-2-23(21,22)20-15-9-14-19(16-20,17-10-5-3-6-11-17)18-12-7-4-8-13-18/h3-8,10-13H,2,9,14-16H2,1H3. The van der Waals surface area contributed by atoms with Crippen molar-refractivity contribution in [2.45, 2.75) is 25.2 Å². The number of benzene rings is 2. The maximum atomic E-state index is 12.4. The fourth-order valence-corrected chi connectivity index (χ4v) is 4.78. The van der Waals surface area contributed by atoms with Crippen LogP contribution < -0.4 is 0 Å². The Kier molecular flexibility index (Phi) is 4.55. The van der Waals surface area contributed by atoms with E-state index in [9.17, 15) is 8.42 Å². The van der Waals surface area contributed by atoms with Crippen LogP contribution in [0.3, 0.4) is 0 Å². The number of rotatable bonds is 4. The Balaban J connectivity index is 2.10. The summed E-state index contributed by atoms with van der Waals surface area (Å²) in [6, 6.07) is 20.6. The first-order valence-corrected chi connectivity index (χ1v) is 9.78. The van der Waals surface area contributed by atoms with Gasteiger partial charge in [0.1, 0.15) is 0 Å². The lowest BCUT2D eigenvalue weighted by atomic mass is 9.70. The van der Waals surface area contributed by atoms with Gasteiger partial charge in [0.25, 0.3) is 0 Å². The molecule has 122 valence electrons. The molecule has 0 unspecified atom stereocenters. The van der Waals surface area contributed by atoms with E-state index in [1.807, 2.05) is 36.4 Å². The molecule has 3 nitrogen and oxygen atoms in total. The van der Waals surface area contributed by atoms with Crippen LogP contribution in [-0.4, -0.2) is 31.6 Å². The number of hydrogen-bond donors (Lipinski definition) is 0. The van der Waals surface area contributed by atoms with Gasteiger partial charge in [0.15, 0.2) is 0 Å². The number of nitrogens with zero attached hydrogens (tertiary/aromatic N) is 1. The third kappa shape index (κ3) is 3.06. The summed E-state index contributed by atoms with van der Waals surface area (Å²) in [5, 5.41) is 0. The van der Waals surface area contributed by atoms with Gasteiger partial charge in [-0.3, -0.25) is 0 Å². The monoisotopic (exact) mass is 329 g/mol. The van der Waals surface area contributed by atoms with E-state index in [1.54, 1.807) is 11.2 Å². The van der Waals surface area contributed by atoms with Crippen LogP contribution in [0.5, 0.6) is 0 Å². The highest BCUT2D eigenvalue weighted by molar-refractivity contribution is 7.89. The minimum atomic E-state index is -3.17. The van der Waals surface area contributed by atoms with Gasteiger partial charge in [-0.15, -0.1) is 0 Å². The summed E-state index contributed by atoms with van der Waals surface area (Å²) in [7, 11) is -3.17. The normalized spacial score (nSPS) is 18.7. The van der Waals surface area contributed by atoms with E-state index < -0.39 is 10.0 Å². The lowest BCUT2D eigenvalue weighted by Crippen LogP contribution is -2.49. The van der Waals surface area contributed by atoms with Gasteiger partial charge in [0, 0.05) is 18.5 Å². The molecule has 23 heavy (non-hydrogen) atoms. The largest absolute Gasteiger partial charge is 0.213 e. The fraction of sp³-hybridized carbons (Fsp3) is 0.368. The van der Waals surface area contributed by atoms with Crippen LogP contribution in [0.4, 0.5) is 0 Å². The van der Waals surface area contributed by atoms with E-state index in [0.717, 1.165) is 12.8 Å². The van der Waals surface area contributed by atoms with Crippen molar-refractivity contribution in [2.75, 3.05) is 18.8 Å². The summed E-state index contributed by atoms with van der Waals surface area (Å²) in [6.07, 6.45) is 1.85. The summed E-state index contributed by atoms with van der Waals surface area (Å²) in [5.74, 6) is 0.159. The number of piperidine rings is 1. The predicted octanol–water partition coefficient (Wildman–Crippen LogP) is 3.42. The molecular weight excluding hydrogens is 306 g/mol. The molecular formula is C19H23NO2S. The molecule has 1 saturated heterocycles. The topological polar surface area (TPSA) is 37.4 Å². The highest BCUT2D eigenvalue weighted by Gasteiger charge is 2.41. The van der Waals surface area contributed by atoms with Crippen molar-refractivity contribution in [1.29, 1.82) is 0 Å². The third-order valence-corrected chi connectivity index (χ3v) is 6.70. The van der Waals surface area contributed by atoms with Crippen LogP contribution >= 0.6 is 0 Å². The SMILES string of the molecule is CCS(=O)(=O)N1CCCC(c2ccccc2)(c2ccccc2)C1. The highest BCUT2D eigenvalue weighted by Crippen LogP contribution is 2.40. The lowest BCUT2D eigenvalue weighted by molar-refractivity contribution is 0.258. The van der Waals surface area contributed by atoms with Crippen LogP contribution in [0.2, 0.25) is 0 Å². The second-order valence-electron chi connectivity index (χ2n) is 6.15. The van der Waals surface area contributed by atoms with Gasteiger partial charge in [-0.25, -0.2) is 12.7 Å². The Hall–Kier alpha value is -1.65. The number of sulfonamides is 1. The van der Waals surface area contributed by atoms with Crippen molar-refractivity contribution in [2.24, 2.45) is 0 Å². The Labute approximate surface area is 139 Å². The molecule has 0 spiro atoms. The molecule has 1 aliphatic rings. The van der Waals surface area contributed by atoms with Crippen LogP contribution in [0, 0.1) is 0 Å². The van der Waals surface area contributed by atoms with Gasteiger partial charge >= 0.3 is 0 Å². The first-order chi connectivity index (χ1) is 11.1. The van der Waals surface area contributed by atoms with E-state index in [-0.39, 0.29) is 11.2 Å². The van der Waals surface area contributed by atoms with E-state index in [4.69, 9.17) is 0 Å². The maximum absolute atomic E-state index is 12.4. The van der Waals surface area contributed by atoms with E-state index in [0.29, 0.717) is 13.1 Å². The molecule has 3 rings (SSSR count). The quantitative estimate of drug-likeness (QED) is 0.862. The molecule has 2 aromatic carbocycles.